The van der Waals surface area contributed by atoms with E-state index in [2.05, 4.69) is 5.32 Å². The van der Waals surface area contributed by atoms with Crippen molar-refractivity contribution in [2.24, 2.45) is 5.92 Å². The highest BCUT2D eigenvalue weighted by Gasteiger charge is 2.42. The molecule has 24 heavy (non-hydrogen) atoms. The number of halogens is 1. The molecule has 1 saturated heterocycles. The minimum Gasteiger partial charge on any atom is -0.465 e. The Labute approximate surface area is 139 Å². The number of benzene rings is 1. The lowest BCUT2D eigenvalue weighted by molar-refractivity contribution is -0.128. The van der Waals surface area contributed by atoms with Crippen molar-refractivity contribution in [1.82, 2.24) is 10.2 Å². The van der Waals surface area contributed by atoms with Crippen LogP contribution in [0.4, 0.5) is 4.39 Å². The number of hydrogen-bond donors (Lipinski definition) is 1. The van der Waals surface area contributed by atoms with E-state index in [1.165, 1.54) is 12.1 Å². The lowest BCUT2D eigenvalue weighted by Crippen LogP contribution is -2.34. The maximum atomic E-state index is 13.1. The van der Waals surface area contributed by atoms with Gasteiger partial charge in [0.25, 0.3) is 0 Å². The van der Waals surface area contributed by atoms with Crippen LogP contribution in [-0.4, -0.2) is 23.8 Å². The normalized spacial score (nSPS) is 20.5. The number of amides is 2. The number of carbonyl (C=O) groups is 2. The van der Waals surface area contributed by atoms with Crippen LogP contribution in [0.3, 0.4) is 0 Å². The van der Waals surface area contributed by atoms with E-state index >= 15 is 0 Å². The minimum absolute atomic E-state index is 0.0988. The first kappa shape index (κ1) is 16.2. The van der Waals surface area contributed by atoms with Gasteiger partial charge in [-0.1, -0.05) is 12.1 Å². The summed E-state index contributed by atoms with van der Waals surface area (Å²) in [7, 11) is 1.67. The summed E-state index contributed by atoms with van der Waals surface area (Å²) in [5.74, 6) is 0.273. The second-order valence-corrected chi connectivity index (χ2v) is 6.04. The summed E-state index contributed by atoms with van der Waals surface area (Å²) in [6.45, 7) is 2.11. The molecule has 5 nitrogen and oxygen atoms in total. The average molecular weight is 330 g/mol. The summed E-state index contributed by atoms with van der Waals surface area (Å²) >= 11 is 0. The van der Waals surface area contributed by atoms with E-state index in [0.29, 0.717) is 5.76 Å². The summed E-state index contributed by atoms with van der Waals surface area (Å²) in [6, 6.07) is 9.15. The summed E-state index contributed by atoms with van der Waals surface area (Å²) in [5.41, 5.74) is 0.749. The van der Waals surface area contributed by atoms with E-state index in [1.54, 1.807) is 30.1 Å². The first-order chi connectivity index (χ1) is 11.5. The molecule has 0 spiro atoms. The fraction of sp³-hybridized carbons (Fsp3) is 0.333. The zero-order valence-electron chi connectivity index (χ0n) is 13.6. The number of hydrogen-bond acceptors (Lipinski definition) is 3. The Kier molecular flexibility index (Phi) is 4.38. The van der Waals surface area contributed by atoms with Crippen molar-refractivity contribution in [3.8, 4) is 0 Å². The van der Waals surface area contributed by atoms with Crippen LogP contribution in [0.1, 0.15) is 29.5 Å². The molecule has 0 saturated carbocycles. The molecule has 6 heteroatoms. The standard InChI is InChI=1S/C18H19FN2O3/c1-11-3-8-14(24-11)10-20-18(23)15-9-16(22)21(2)17(15)12-4-6-13(19)7-5-12/h3-8,15,17H,9-10H2,1-2H3,(H,20,23). The molecule has 126 valence electrons. The Morgan fingerprint density at radius 1 is 1.29 bits per heavy atom. The van der Waals surface area contributed by atoms with Crippen molar-refractivity contribution in [2.75, 3.05) is 7.05 Å². The monoisotopic (exact) mass is 330 g/mol. The summed E-state index contributed by atoms with van der Waals surface area (Å²) in [6.07, 6.45) is 0.140. The van der Waals surface area contributed by atoms with Gasteiger partial charge in [0, 0.05) is 13.5 Å². The molecule has 2 amide bonds. The van der Waals surface area contributed by atoms with Crippen LogP contribution in [0.15, 0.2) is 40.8 Å². The van der Waals surface area contributed by atoms with Gasteiger partial charge in [0.1, 0.15) is 17.3 Å². The van der Waals surface area contributed by atoms with Crippen LogP contribution < -0.4 is 5.32 Å². The second kappa shape index (κ2) is 6.47. The molecule has 1 aliphatic rings. The number of likely N-dealkylation sites (tertiary alicyclic amines) is 1. The number of aryl methyl sites for hydroxylation is 1. The van der Waals surface area contributed by atoms with Gasteiger partial charge in [0.2, 0.25) is 11.8 Å². The Balaban J connectivity index is 1.75. The number of furan rings is 1. The molecule has 0 bridgehead atoms. The lowest BCUT2D eigenvalue weighted by atomic mass is 9.93. The highest BCUT2D eigenvalue weighted by atomic mass is 19.1. The molecule has 3 rings (SSSR count). The van der Waals surface area contributed by atoms with Crippen LogP contribution in [0, 0.1) is 18.7 Å². The summed E-state index contributed by atoms with van der Waals surface area (Å²) in [5, 5.41) is 2.82. The highest BCUT2D eigenvalue weighted by molar-refractivity contribution is 5.90. The third kappa shape index (κ3) is 3.18. The van der Waals surface area contributed by atoms with Gasteiger partial charge in [-0.05, 0) is 36.8 Å². The third-order valence-electron chi connectivity index (χ3n) is 4.37. The van der Waals surface area contributed by atoms with Crippen molar-refractivity contribution in [2.45, 2.75) is 25.9 Å². The van der Waals surface area contributed by atoms with Crippen molar-refractivity contribution >= 4 is 11.8 Å². The first-order valence-electron chi connectivity index (χ1n) is 7.80. The minimum atomic E-state index is -0.510. The summed E-state index contributed by atoms with van der Waals surface area (Å²) < 4.78 is 18.6. The van der Waals surface area contributed by atoms with Crippen LogP contribution >= 0.6 is 0 Å². The zero-order valence-corrected chi connectivity index (χ0v) is 13.6. The predicted octanol–water partition coefficient (Wildman–Crippen LogP) is 2.56. The van der Waals surface area contributed by atoms with Gasteiger partial charge in [-0.15, -0.1) is 0 Å². The van der Waals surface area contributed by atoms with Crippen LogP contribution in [0.25, 0.3) is 0 Å². The smallest absolute Gasteiger partial charge is 0.226 e. The van der Waals surface area contributed by atoms with E-state index in [4.69, 9.17) is 4.42 Å². The van der Waals surface area contributed by atoms with Gasteiger partial charge < -0.3 is 14.6 Å². The van der Waals surface area contributed by atoms with Crippen molar-refractivity contribution in [3.05, 3.63) is 59.3 Å². The Morgan fingerprint density at radius 3 is 2.62 bits per heavy atom. The molecule has 2 unspecified atom stereocenters. The molecule has 1 aromatic heterocycles. The largest absolute Gasteiger partial charge is 0.465 e. The molecular formula is C18H19FN2O3. The Hall–Kier alpha value is -2.63. The number of nitrogens with zero attached hydrogens (tertiary/aromatic N) is 1. The highest BCUT2D eigenvalue weighted by Crippen LogP contribution is 2.37. The van der Waals surface area contributed by atoms with E-state index in [9.17, 15) is 14.0 Å². The molecule has 2 atom stereocenters. The van der Waals surface area contributed by atoms with Gasteiger partial charge in [0.15, 0.2) is 0 Å². The van der Waals surface area contributed by atoms with Gasteiger partial charge in [0.05, 0.1) is 18.5 Å². The van der Waals surface area contributed by atoms with Crippen molar-refractivity contribution in [3.63, 3.8) is 0 Å². The lowest BCUT2D eigenvalue weighted by Gasteiger charge is -2.24. The van der Waals surface area contributed by atoms with E-state index in [0.717, 1.165) is 11.3 Å². The Morgan fingerprint density at radius 2 is 2.00 bits per heavy atom. The fourth-order valence-electron chi connectivity index (χ4n) is 3.11. The van der Waals surface area contributed by atoms with Crippen LogP contribution in [0.2, 0.25) is 0 Å². The number of rotatable bonds is 4. The summed E-state index contributed by atoms with van der Waals surface area (Å²) in [4.78, 5) is 26.2. The van der Waals surface area contributed by atoms with Crippen LogP contribution in [-0.2, 0) is 16.1 Å². The molecule has 0 aliphatic carbocycles. The Bertz CT molecular complexity index is 754. The maximum Gasteiger partial charge on any atom is 0.226 e. The molecular weight excluding hydrogens is 311 g/mol. The quantitative estimate of drug-likeness (QED) is 0.937. The topological polar surface area (TPSA) is 62.6 Å². The molecule has 2 aromatic rings. The molecule has 1 aliphatic heterocycles. The molecule has 1 aromatic carbocycles. The zero-order chi connectivity index (χ0) is 17.3. The molecule has 1 N–H and O–H groups in total. The van der Waals surface area contributed by atoms with Gasteiger partial charge in [-0.2, -0.15) is 0 Å². The molecule has 0 radical (unpaired) electrons. The van der Waals surface area contributed by atoms with E-state index in [-0.39, 0.29) is 30.6 Å². The van der Waals surface area contributed by atoms with Crippen molar-refractivity contribution in [1.29, 1.82) is 0 Å². The first-order valence-corrected chi connectivity index (χ1v) is 7.80. The predicted molar refractivity (Wildman–Crippen MR) is 85.3 cm³/mol. The second-order valence-electron chi connectivity index (χ2n) is 6.04. The van der Waals surface area contributed by atoms with Gasteiger partial charge in [-0.3, -0.25) is 9.59 Å². The van der Waals surface area contributed by atoms with Crippen molar-refractivity contribution < 1.29 is 18.4 Å². The fourth-order valence-corrected chi connectivity index (χ4v) is 3.11. The maximum absolute atomic E-state index is 13.1. The van der Waals surface area contributed by atoms with E-state index < -0.39 is 12.0 Å². The van der Waals surface area contributed by atoms with Gasteiger partial charge in [-0.25, -0.2) is 4.39 Å². The van der Waals surface area contributed by atoms with E-state index in [1.807, 2.05) is 13.0 Å². The third-order valence-corrected chi connectivity index (χ3v) is 4.37. The van der Waals surface area contributed by atoms with Gasteiger partial charge >= 0.3 is 0 Å². The number of carbonyl (C=O) groups excluding carboxylic acids is 2. The molecule has 2 heterocycles. The number of nitrogens with one attached hydrogen (secondary N) is 1. The molecule has 1 fully saturated rings. The van der Waals surface area contributed by atoms with Crippen LogP contribution in [0.5, 0.6) is 0 Å². The average Bonchev–Trinajstić information content (AvgIpc) is 3.10. The SMILES string of the molecule is Cc1ccc(CNC(=O)C2CC(=O)N(C)C2c2ccc(F)cc2)o1.